The van der Waals surface area contributed by atoms with Crippen LogP contribution in [0.5, 0.6) is 5.75 Å². The molecule has 0 saturated carbocycles. The second kappa shape index (κ2) is 13.9. The van der Waals surface area contributed by atoms with Crippen LogP contribution in [0, 0.1) is 6.92 Å². The summed E-state index contributed by atoms with van der Waals surface area (Å²) >= 11 is 2.91. The molecule has 1 atom stereocenters. The second-order valence-electron chi connectivity index (χ2n) is 10.4. The molecule has 45 heavy (non-hydrogen) atoms. The second-order valence-corrected chi connectivity index (χ2v) is 12.3. The molecule has 5 aromatic rings. The summed E-state index contributed by atoms with van der Waals surface area (Å²) in [6, 6.07) is 28.7. The molecule has 6 rings (SSSR count). The summed E-state index contributed by atoms with van der Waals surface area (Å²) in [4.78, 5) is 27.6. The van der Waals surface area contributed by atoms with Crippen molar-refractivity contribution in [1.29, 1.82) is 0 Å². The Hall–Kier alpha value is -4.74. The van der Waals surface area contributed by atoms with Crippen LogP contribution in [0.15, 0.2) is 107 Å². The molecular weight excluding hydrogens is 605 g/mol. The topological polar surface area (TPSA) is 102 Å². The number of carbonyl (C=O) groups excluding carboxylic acids is 2. The minimum absolute atomic E-state index is 0.106. The fourth-order valence-electron chi connectivity index (χ4n) is 5.05. The summed E-state index contributed by atoms with van der Waals surface area (Å²) in [5, 5.41) is 20.7. The minimum atomic E-state index is -0.211. The molecule has 228 valence electrons. The van der Waals surface area contributed by atoms with Gasteiger partial charge in [0.1, 0.15) is 5.75 Å². The van der Waals surface area contributed by atoms with Crippen LogP contribution in [0.25, 0.3) is 5.69 Å². The molecule has 0 aliphatic carbocycles. The van der Waals surface area contributed by atoms with Gasteiger partial charge in [0.05, 0.1) is 35.5 Å². The van der Waals surface area contributed by atoms with Gasteiger partial charge in [-0.15, -0.1) is 21.5 Å². The van der Waals surface area contributed by atoms with E-state index < -0.39 is 0 Å². The van der Waals surface area contributed by atoms with Gasteiger partial charge in [-0.05, 0) is 67.3 Å². The number of nitrogens with zero attached hydrogens (tertiary/aromatic N) is 5. The van der Waals surface area contributed by atoms with Gasteiger partial charge in [0.15, 0.2) is 11.0 Å². The fourth-order valence-corrected chi connectivity index (χ4v) is 6.59. The van der Waals surface area contributed by atoms with E-state index in [1.54, 1.807) is 28.5 Å². The molecule has 0 spiro atoms. The summed E-state index contributed by atoms with van der Waals surface area (Å²) in [6.45, 7) is 4.69. The van der Waals surface area contributed by atoms with Gasteiger partial charge < -0.3 is 10.1 Å². The molecule has 3 heterocycles. The Morgan fingerprint density at radius 1 is 0.978 bits per heavy atom. The molecule has 0 bridgehead atoms. The summed E-state index contributed by atoms with van der Waals surface area (Å²) < 4.78 is 7.49. The third kappa shape index (κ3) is 7.00. The first kappa shape index (κ1) is 30.3. The zero-order valence-electron chi connectivity index (χ0n) is 24.9. The molecule has 0 radical (unpaired) electrons. The van der Waals surface area contributed by atoms with Gasteiger partial charge in [-0.1, -0.05) is 65.9 Å². The van der Waals surface area contributed by atoms with E-state index in [0.717, 1.165) is 33.2 Å². The first-order valence-electron chi connectivity index (χ1n) is 14.6. The Kier molecular flexibility index (Phi) is 9.37. The number of benzene rings is 3. The molecule has 2 amide bonds. The van der Waals surface area contributed by atoms with E-state index in [1.165, 1.54) is 11.8 Å². The highest BCUT2D eigenvalue weighted by Crippen LogP contribution is 2.35. The van der Waals surface area contributed by atoms with E-state index in [4.69, 9.17) is 9.84 Å². The monoisotopic (exact) mass is 636 g/mol. The van der Waals surface area contributed by atoms with Gasteiger partial charge in [-0.25, -0.2) is 5.01 Å². The molecule has 0 saturated heterocycles. The van der Waals surface area contributed by atoms with Crippen molar-refractivity contribution < 1.29 is 14.3 Å². The molecule has 9 nitrogen and oxygen atoms in total. The van der Waals surface area contributed by atoms with Crippen molar-refractivity contribution in [3.8, 4) is 11.4 Å². The third-order valence-corrected chi connectivity index (χ3v) is 9.14. The van der Waals surface area contributed by atoms with E-state index in [-0.39, 0.29) is 30.2 Å². The van der Waals surface area contributed by atoms with Crippen molar-refractivity contribution in [2.24, 2.45) is 5.10 Å². The van der Waals surface area contributed by atoms with Crippen molar-refractivity contribution in [2.45, 2.75) is 38.0 Å². The van der Waals surface area contributed by atoms with Crippen molar-refractivity contribution >= 4 is 40.6 Å². The highest BCUT2D eigenvalue weighted by atomic mass is 32.2. The normalized spacial score (nSPS) is 14.3. The molecule has 1 N–H and O–H groups in total. The van der Waals surface area contributed by atoms with Gasteiger partial charge >= 0.3 is 0 Å². The lowest BCUT2D eigenvalue weighted by molar-refractivity contribution is -0.130. The first-order chi connectivity index (χ1) is 22.0. The Morgan fingerprint density at radius 3 is 2.47 bits per heavy atom. The van der Waals surface area contributed by atoms with Crippen molar-refractivity contribution in [1.82, 2.24) is 25.1 Å². The SMILES string of the molecule is CCOc1ccc(-n2c(CNC(=O)c3ccccc3)nnc2SCC(=O)N2N=C(c3cccs3)C[C@H]2c2ccc(C)cc2)cc1. The number of aromatic nitrogens is 3. The van der Waals surface area contributed by atoms with Crippen LogP contribution in [0.1, 0.15) is 51.6 Å². The predicted molar refractivity (Wildman–Crippen MR) is 177 cm³/mol. The first-order valence-corrected chi connectivity index (χ1v) is 16.5. The summed E-state index contributed by atoms with van der Waals surface area (Å²) in [5.74, 6) is 1.05. The van der Waals surface area contributed by atoms with E-state index in [1.807, 2.05) is 78.4 Å². The maximum atomic E-state index is 13.8. The molecule has 1 aliphatic heterocycles. The molecule has 0 unspecified atom stereocenters. The highest BCUT2D eigenvalue weighted by Gasteiger charge is 2.33. The number of hydrazone groups is 1. The van der Waals surface area contributed by atoms with Gasteiger partial charge in [0, 0.05) is 17.7 Å². The number of nitrogens with one attached hydrogen (secondary N) is 1. The van der Waals surface area contributed by atoms with Crippen LogP contribution in [-0.4, -0.2) is 49.7 Å². The molecular formula is C34H32N6O3S2. The molecule has 2 aromatic heterocycles. The molecule has 1 aliphatic rings. The average Bonchev–Trinajstić information content (AvgIpc) is 3.84. The lowest BCUT2D eigenvalue weighted by Crippen LogP contribution is -2.28. The number of carbonyl (C=O) groups is 2. The van der Waals surface area contributed by atoms with Crippen molar-refractivity contribution in [2.75, 3.05) is 12.4 Å². The number of hydrogen-bond acceptors (Lipinski definition) is 8. The number of amides is 2. The minimum Gasteiger partial charge on any atom is -0.494 e. The largest absolute Gasteiger partial charge is 0.494 e. The van der Waals surface area contributed by atoms with Crippen LogP contribution in [0.4, 0.5) is 0 Å². The van der Waals surface area contributed by atoms with Crippen molar-refractivity contribution in [3.05, 3.63) is 124 Å². The van der Waals surface area contributed by atoms with Crippen LogP contribution >= 0.6 is 23.1 Å². The summed E-state index contributed by atoms with van der Waals surface area (Å²) in [6.07, 6.45) is 0.646. The number of aryl methyl sites for hydroxylation is 1. The fraction of sp³-hybridized carbons (Fsp3) is 0.206. The van der Waals surface area contributed by atoms with Crippen LogP contribution in [0.2, 0.25) is 0 Å². The van der Waals surface area contributed by atoms with E-state index in [9.17, 15) is 9.59 Å². The lowest BCUT2D eigenvalue weighted by Gasteiger charge is -2.22. The molecule has 3 aromatic carbocycles. The smallest absolute Gasteiger partial charge is 0.253 e. The zero-order chi connectivity index (χ0) is 31.2. The maximum absolute atomic E-state index is 13.8. The molecule has 0 fully saturated rings. The zero-order valence-corrected chi connectivity index (χ0v) is 26.6. The number of rotatable bonds is 11. The van der Waals surface area contributed by atoms with E-state index in [0.29, 0.717) is 29.6 Å². The summed E-state index contributed by atoms with van der Waals surface area (Å²) in [5.41, 5.74) is 4.46. The van der Waals surface area contributed by atoms with E-state index >= 15 is 0 Å². The average molecular weight is 637 g/mol. The van der Waals surface area contributed by atoms with Crippen LogP contribution in [-0.2, 0) is 11.3 Å². The predicted octanol–water partition coefficient (Wildman–Crippen LogP) is 6.44. The van der Waals surface area contributed by atoms with Gasteiger partial charge in [0.2, 0.25) is 0 Å². The number of ether oxygens (including phenoxy) is 1. The highest BCUT2D eigenvalue weighted by molar-refractivity contribution is 7.99. The van der Waals surface area contributed by atoms with Crippen molar-refractivity contribution in [3.63, 3.8) is 0 Å². The van der Waals surface area contributed by atoms with Crippen LogP contribution in [0.3, 0.4) is 0 Å². The molecule has 11 heteroatoms. The summed E-state index contributed by atoms with van der Waals surface area (Å²) in [7, 11) is 0. The Labute approximate surface area is 270 Å². The van der Waals surface area contributed by atoms with Gasteiger partial charge in [-0.3, -0.25) is 14.2 Å². The third-order valence-electron chi connectivity index (χ3n) is 7.31. The number of thiophene rings is 1. The van der Waals surface area contributed by atoms with Crippen LogP contribution < -0.4 is 10.1 Å². The Bertz CT molecular complexity index is 1790. The quantitative estimate of drug-likeness (QED) is 0.168. The Balaban J connectivity index is 1.24. The standard InChI is InChI=1S/C34H32N6O3S2/c1-3-43-27-17-15-26(16-18-27)39-31(21-35-33(42)25-8-5-4-6-9-25)36-37-34(39)45-22-32(41)40-29(24-13-11-23(2)12-14-24)20-28(38-40)30-10-7-19-44-30/h4-19,29H,3,20-22H2,1-2H3,(H,35,42)/t29-/m0/s1. The van der Waals surface area contributed by atoms with Gasteiger partial charge in [-0.2, -0.15) is 5.10 Å². The number of thioether (sulfide) groups is 1. The van der Waals surface area contributed by atoms with Gasteiger partial charge in [0.25, 0.3) is 11.8 Å². The number of hydrogen-bond donors (Lipinski definition) is 1. The maximum Gasteiger partial charge on any atom is 0.253 e. The Morgan fingerprint density at radius 2 is 1.76 bits per heavy atom. The lowest BCUT2D eigenvalue weighted by atomic mass is 10.00. The van der Waals surface area contributed by atoms with E-state index in [2.05, 4.69) is 39.8 Å².